The van der Waals surface area contributed by atoms with Crippen LogP contribution >= 0.6 is 0 Å². The van der Waals surface area contributed by atoms with Crippen molar-refractivity contribution in [1.82, 2.24) is 4.98 Å². The Bertz CT molecular complexity index is 739. The smallest absolute Gasteiger partial charge is 0.265 e. The van der Waals surface area contributed by atoms with Crippen LogP contribution in [-0.2, 0) is 0 Å². The van der Waals surface area contributed by atoms with E-state index in [1.54, 1.807) is 37.3 Å². The van der Waals surface area contributed by atoms with Crippen LogP contribution in [0.5, 0.6) is 0 Å². The number of halogens is 1. The van der Waals surface area contributed by atoms with Crippen molar-refractivity contribution < 1.29 is 9.18 Å². The van der Waals surface area contributed by atoms with Crippen LogP contribution in [0.1, 0.15) is 21.6 Å². The van der Waals surface area contributed by atoms with Gasteiger partial charge in [0.05, 0.1) is 5.52 Å². The van der Waals surface area contributed by atoms with E-state index in [4.69, 9.17) is 5.73 Å². The third kappa shape index (κ3) is 2.54. The summed E-state index contributed by atoms with van der Waals surface area (Å²) in [6, 6.07) is 2.80. The molecule has 0 aliphatic heterocycles. The zero-order valence-electron chi connectivity index (χ0n) is 11.1. The highest BCUT2D eigenvalue weighted by Gasteiger charge is 2.14. The zero-order chi connectivity index (χ0) is 14.7. The molecular weight excluding hydrogens is 255 g/mol. The lowest BCUT2D eigenvalue weighted by Crippen LogP contribution is -2.12. The first kappa shape index (κ1) is 13.8. The number of aryl methyl sites for hydroxylation is 1. The number of rotatable bonds is 4. The van der Waals surface area contributed by atoms with Gasteiger partial charge in [0.2, 0.25) is 0 Å². The molecule has 0 atom stereocenters. The molecule has 2 aromatic rings. The second-order valence-electron chi connectivity index (χ2n) is 4.39. The van der Waals surface area contributed by atoms with Gasteiger partial charge >= 0.3 is 0 Å². The second kappa shape index (κ2) is 5.57. The van der Waals surface area contributed by atoms with Crippen LogP contribution in [0.3, 0.4) is 0 Å². The molecule has 1 aromatic carbocycles. The van der Waals surface area contributed by atoms with Crippen LogP contribution in [0, 0.1) is 12.7 Å². The molecule has 0 fully saturated rings. The number of primary amides is 1. The number of hydrogen-bond acceptors (Lipinski definition) is 1. The number of nitrogens with two attached hydrogens (primary N) is 1. The first-order chi connectivity index (χ1) is 9.54. The van der Waals surface area contributed by atoms with E-state index in [2.05, 4.69) is 11.6 Å². The molecular formula is C16H15FN2O. The number of aromatic amines is 1. The largest absolute Gasteiger partial charge is 0.364 e. The van der Waals surface area contributed by atoms with E-state index in [0.29, 0.717) is 27.7 Å². The average Bonchev–Trinajstić information content (AvgIpc) is 2.72. The predicted octanol–water partition coefficient (Wildman–Crippen LogP) is 3.47. The van der Waals surface area contributed by atoms with Crippen molar-refractivity contribution in [2.45, 2.75) is 6.92 Å². The predicted molar refractivity (Wildman–Crippen MR) is 79.9 cm³/mol. The number of H-pyrrole nitrogens is 1. The fourth-order valence-electron chi connectivity index (χ4n) is 2.10. The molecule has 1 amide bonds. The number of nitrogens with one attached hydrogen (secondary N) is 1. The maximum Gasteiger partial charge on any atom is 0.265 e. The third-order valence-electron chi connectivity index (χ3n) is 3.04. The fourth-order valence-corrected chi connectivity index (χ4v) is 2.10. The number of allylic oxidation sites excluding steroid dienone is 4. The molecule has 3 nitrogen and oxygen atoms in total. The molecule has 20 heavy (non-hydrogen) atoms. The van der Waals surface area contributed by atoms with E-state index in [1.807, 2.05) is 0 Å². The number of hydrogen-bond donors (Lipinski definition) is 2. The summed E-state index contributed by atoms with van der Waals surface area (Å²) in [5.74, 6) is -0.913. The molecule has 3 N–H and O–H groups in total. The minimum absolute atomic E-state index is 0.307. The van der Waals surface area contributed by atoms with Gasteiger partial charge in [-0.1, -0.05) is 37.0 Å². The Balaban J connectivity index is 2.62. The summed E-state index contributed by atoms with van der Waals surface area (Å²) in [6.45, 7) is 5.30. The molecule has 0 aliphatic rings. The molecule has 0 saturated heterocycles. The lowest BCUT2D eigenvalue weighted by atomic mass is 10.1. The first-order valence-electron chi connectivity index (χ1n) is 6.12. The molecule has 4 heteroatoms. The highest BCUT2D eigenvalue weighted by molar-refractivity contribution is 6.02. The fraction of sp³-hybridized carbons (Fsp3) is 0.0625. The molecule has 1 aromatic heterocycles. The number of amides is 1. The molecule has 0 spiro atoms. The highest BCUT2D eigenvalue weighted by atomic mass is 19.1. The van der Waals surface area contributed by atoms with Gasteiger partial charge in [-0.15, -0.1) is 0 Å². The molecule has 2 rings (SSSR count). The molecule has 0 bridgehead atoms. The number of benzene rings is 1. The molecule has 1 heterocycles. The van der Waals surface area contributed by atoms with Crippen molar-refractivity contribution in [3.8, 4) is 0 Å². The lowest BCUT2D eigenvalue weighted by molar-refractivity contribution is 0.0996. The second-order valence-corrected chi connectivity index (χ2v) is 4.39. The van der Waals surface area contributed by atoms with Crippen molar-refractivity contribution in [3.05, 3.63) is 65.7 Å². The summed E-state index contributed by atoms with van der Waals surface area (Å²) in [4.78, 5) is 14.3. The van der Waals surface area contributed by atoms with Crippen LogP contribution in [0.25, 0.3) is 17.0 Å². The Morgan fingerprint density at radius 1 is 1.35 bits per heavy atom. The van der Waals surface area contributed by atoms with E-state index in [-0.39, 0.29) is 5.82 Å². The highest BCUT2D eigenvalue weighted by Crippen LogP contribution is 2.26. The van der Waals surface area contributed by atoms with Crippen LogP contribution in [0.4, 0.5) is 4.39 Å². The van der Waals surface area contributed by atoms with E-state index in [0.717, 1.165) is 0 Å². The van der Waals surface area contributed by atoms with Crippen LogP contribution in [0.2, 0.25) is 0 Å². The maximum absolute atomic E-state index is 13.7. The summed E-state index contributed by atoms with van der Waals surface area (Å²) in [6.07, 6.45) is 8.73. The lowest BCUT2D eigenvalue weighted by Gasteiger charge is -1.98. The third-order valence-corrected chi connectivity index (χ3v) is 3.04. The molecule has 0 unspecified atom stereocenters. The van der Waals surface area contributed by atoms with E-state index >= 15 is 0 Å². The number of carbonyl (C=O) groups is 1. The molecule has 0 saturated carbocycles. The van der Waals surface area contributed by atoms with Gasteiger partial charge in [0, 0.05) is 10.9 Å². The number of carbonyl (C=O) groups excluding carboxylic acids is 1. The zero-order valence-corrected chi connectivity index (χ0v) is 11.1. The van der Waals surface area contributed by atoms with Gasteiger partial charge in [-0.25, -0.2) is 4.39 Å². The van der Waals surface area contributed by atoms with Gasteiger partial charge in [0.25, 0.3) is 5.91 Å². The Morgan fingerprint density at radius 3 is 2.75 bits per heavy atom. The Hall–Kier alpha value is -2.62. The molecule has 0 aliphatic carbocycles. The van der Waals surface area contributed by atoms with Gasteiger partial charge in [0.15, 0.2) is 0 Å². The Kier molecular flexibility index (Phi) is 3.84. The molecule has 102 valence electrons. The van der Waals surface area contributed by atoms with Gasteiger partial charge in [0.1, 0.15) is 11.5 Å². The van der Waals surface area contributed by atoms with E-state index in [9.17, 15) is 9.18 Å². The summed E-state index contributed by atoms with van der Waals surface area (Å²) in [5, 5.41) is 0.658. The normalized spacial score (nSPS) is 11.7. The number of aromatic nitrogens is 1. The molecule has 0 radical (unpaired) electrons. The summed E-state index contributed by atoms with van der Waals surface area (Å²) in [7, 11) is 0. The van der Waals surface area contributed by atoms with Crippen molar-refractivity contribution in [1.29, 1.82) is 0 Å². The summed E-state index contributed by atoms with van der Waals surface area (Å²) < 4.78 is 13.7. The average molecular weight is 270 g/mol. The minimum atomic E-state index is -0.555. The van der Waals surface area contributed by atoms with Gasteiger partial charge in [-0.05, 0) is 24.6 Å². The first-order valence-corrected chi connectivity index (χ1v) is 6.12. The van der Waals surface area contributed by atoms with Crippen molar-refractivity contribution in [2.24, 2.45) is 5.73 Å². The quantitative estimate of drug-likeness (QED) is 0.821. The SMILES string of the molecule is C=C/C=C\C=C\c1cc(F)cc2c(C)c(C(N)=O)[nH]c12. The van der Waals surface area contributed by atoms with Crippen molar-refractivity contribution >= 4 is 22.9 Å². The standard InChI is InChI=1S/C16H15FN2O/c1-3-4-5-6-7-11-8-12(17)9-13-10(2)14(16(18)20)19-15(11)13/h3-9,19H,1H2,2H3,(H2,18,20)/b5-4-,7-6+. The van der Waals surface area contributed by atoms with E-state index in [1.165, 1.54) is 12.1 Å². The van der Waals surface area contributed by atoms with Gasteiger partial charge in [-0.2, -0.15) is 0 Å². The van der Waals surface area contributed by atoms with Crippen LogP contribution in [0.15, 0.2) is 43.0 Å². The van der Waals surface area contributed by atoms with Gasteiger partial charge < -0.3 is 10.7 Å². The minimum Gasteiger partial charge on any atom is -0.364 e. The van der Waals surface area contributed by atoms with Crippen molar-refractivity contribution in [2.75, 3.05) is 0 Å². The van der Waals surface area contributed by atoms with Crippen molar-refractivity contribution in [3.63, 3.8) is 0 Å². The van der Waals surface area contributed by atoms with Crippen LogP contribution < -0.4 is 5.73 Å². The maximum atomic E-state index is 13.7. The van der Waals surface area contributed by atoms with E-state index < -0.39 is 5.91 Å². The van der Waals surface area contributed by atoms with Crippen LogP contribution in [-0.4, -0.2) is 10.9 Å². The van der Waals surface area contributed by atoms with Gasteiger partial charge in [-0.3, -0.25) is 4.79 Å². The number of fused-ring (bicyclic) bond motifs is 1. The summed E-state index contributed by atoms with van der Waals surface area (Å²) >= 11 is 0. The Morgan fingerprint density at radius 2 is 2.10 bits per heavy atom. The topological polar surface area (TPSA) is 58.9 Å². The monoisotopic (exact) mass is 270 g/mol. The Labute approximate surface area is 116 Å². The summed E-state index contributed by atoms with van der Waals surface area (Å²) in [5.41, 5.74) is 7.62.